The van der Waals surface area contributed by atoms with Gasteiger partial charge in [-0.3, -0.25) is 4.90 Å². The van der Waals surface area contributed by atoms with Gasteiger partial charge in [0, 0.05) is 44.0 Å². The first-order valence-corrected chi connectivity index (χ1v) is 8.96. The van der Waals surface area contributed by atoms with Gasteiger partial charge in [0.15, 0.2) is 0 Å². The van der Waals surface area contributed by atoms with E-state index in [1.807, 2.05) is 4.90 Å². The molecule has 0 unspecified atom stereocenters. The number of aliphatic hydroxyl groups is 1. The Labute approximate surface area is 145 Å². The lowest BCUT2D eigenvalue weighted by Crippen LogP contribution is -2.49. The zero-order valence-electron chi connectivity index (χ0n) is 14.3. The van der Waals surface area contributed by atoms with Gasteiger partial charge in [-0.1, -0.05) is 0 Å². The molecule has 0 saturated carbocycles. The number of anilines is 1. The first-order valence-electron chi connectivity index (χ1n) is 8.96. The maximum absolute atomic E-state index is 12.4. The highest BCUT2D eigenvalue weighted by atomic mass is 19.4. The van der Waals surface area contributed by atoms with Crippen LogP contribution in [-0.4, -0.2) is 64.5 Å². The number of likely N-dealkylation sites (tertiary alicyclic amines) is 1. The minimum atomic E-state index is -4.16. The summed E-state index contributed by atoms with van der Waals surface area (Å²) in [6, 6.07) is 2.01. The minimum Gasteiger partial charge on any atom is -0.392 e. The van der Waals surface area contributed by atoms with Crippen molar-refractivity contribution in [3.8, 4) is 0 Å². The molecule has 1 aromatic heterocycles. The van der Waals surface area contributed by atoms with Crippen LogP contribution in [0.5, 0.6) is 0 Å². The van der Waals surface area contributed by atoms with Gasteiger partial charge in [0.1, 0.15) is 0 Å². The average molecular weight is 358 g/mol. The third-order valence-electron chi connectivity index (χ3n) is 5.06. The quantitative estimate of drug-likeness (QED) is 0.896. The molecule has 2 aliphatic rings. The first kappa shape index (κ1) is 18.4. The van der Waals surface area contributed by atoms with Crippen LogP contribution in [-0.2, 0) is 6.42 Å². The van der Waals surface area contributed by atoms with Crippen molar-refractivity contribution in [3.05, 3.63) is 18.0 Å². The lowest BCUT2D eigenvalue weighted by atomic mass is 9.99. The molecule has 2 aliphatic heterocycles. The van der Waals surface area contributed by atoms with Gasteiger partial charge in [0.05, 0.1) is 6.10 Å². The summed E-state index contributed by atoms with van der Waals surface area (Å²) >= 11 is 0. The smallest absolute Gasteiger partial charge is 0.389 e. The van der Waals surface area contributed by atoms with Crippen molar-refractivity contribution in [2.24, 2.45) is 0 Å². The Balaban J connectivity index is 1.54. The third kappa shape index (κ3) is 5.28. The SMILES string of the molecule is O[C@H]1CCCN(C2CCN(c3nccc(CCC(F)(F)F)n3)CC2)C1. The highest BCUT2D eigenvalue weighted by Gasteiger charge is 2.29. The Morgan fingerprint density at radius 1 is 1.16 bits per heavy atom. The van der Waals surface area contributed by atoms with E-state index in [1.165, 1.54) is 0 Å². The second-order valence-electron chi connectivity index (χ2n) is 6.97. The summed E-state index contributed by atoms with van der Waals surface area (Å²) in [5.41, 5.74) is 0.434. The van der Waals surface area contributed by atoms with Gasteiger partial charge in [0.2, 0.25) is 5.95 Å². The molecular formula is C17H25F3N4O. The van der Waals surface area contributed by atoms with Gasteiger partial charge in [-0.25, -0.2) is 9.97 Å². The molecule has 25 heavy (non-hydrogen) atoms. The average Bonchev–Trinajstić information content (AvgIpc) is 2.60. The second kappa shape index (κ2) is 7.86. The van der Waals surface area contributed by atoms with E-state index in [-0.39, 0.29) is 12.5 Å². The molecule has 8 heteroatoms. The van der Waals surface area contributed by atoms with Gasteiger partial charge in [-0.05, 0) is 44.7 Å². The largest absolute Gasteiger partial charge is 0.392 e. The van der Waals surface area contributed by atoms with Gasteiger partial charge in [-0.2, -0.15) is 13.2 Å². The highest BCUT2D eigenvalue weighted by molar-refractivity contribution is 5.31. The summed E-state index contributed by atoms with van der Waals surface area (Å²) in [4.78, 5) is 13.0. The van der Waals surface area contributed by atoms with Gasteiger partial charge in [0.25, 0.3) is 0 Å². The number of β-amino-alcohol motifs (C(OH)–C–C–N with tert-alkyl or cyclic N) is 1. The van der Waals surface area contributed by atoms with E-state index in [1.54, 1.807) is 12.3 Å². The van der Waals surface area contributed by atoms with Crippen molar-refractivity contribution in [1.82, 2.24) is 14.9 Å². The van der Waals surface area contributed by atoms with E-state index in [4.69, 9.17) is 0 Å². The lowest BCUT2D eigenvalue weighted by Gasteiger charge is -2.41. The summed E-state index contributed by atoms with van der Waals surface area (Å²) in [5.74, 6) is 0.525. The number of hydrogen-bond donors (Lipinski definition) is 1. The zero-order chi connectivity index (χ0) is 17.9. The number of aryl methyl sites for hydroxylation is 1. The van der Waals surface area contributed by atoms with E-state index in [0.29, 0.717) is 17.7 Å². The maximum Gasteiger partial charge on any atom is 0.389 e. The van der Waals surface area contributed by atoms with Crippen LogP contribution in [0.4, 0.5) is 19.1 Å². The number of nitrogens with zero attached hydrogens (tertiary/aromatic N) is 4. The molecule has 0 amide bonds. The van der Waals surface area contributed by atoms with Crippen LogP contribution in [0.3, 0.4) is 0 Å². The normalized spacial score (nSPS) is 23.8. The van der Waals surface area contributed by atoms with Crippen molar-refractivity contribution in [2.45, 2.75) is 56.8 Å². The summed E-state index contributed by atoms with van der Waals surface area (Å²) in [6.07, 6.45) is 0.0271. The van der Waals surface area contributed by atoms with E-state index >= 15 is 0 Å². The Morgan fingerprint density at radius 3 is 2.60 bits per heavy atom. The summed E-state index contributed by atoms with van der Waals surface area (Å²) < 4.78 is 37.1. The van der Waals surface area contributed by atoms with Crippen LogP contribution < -0.4 is 4.90 Å². The fraction of sp³-hybridized carbons (Fsp3) is 0.765. The van der Waals surface area contributed by atoms with Gasteiger partial charge >= 0.3 is 6.18 Å². The predicted octanol–water partition coefficient (Wildman–Crippen LogP) is 2.40. The van der Waals surface area contributed by atoms with Crippen molar-refractivity contribution >= 4 is 5.95 Å². The predicted molar refractivity (Wildman–Crippen MR) is 88.5 cm³/mol. The van der Waals surface area contributed by atoms with Crippen LogP contribution >= 0.6 is 0 Å². The summed E-state index contributed by atoms with van der Waals surface area (Å²) in [5, 5.41) is 9.83. The first-order chi connectivity index (χ1) is 11.9. The van der Waals surface area contributed by atoms with Crippen molar-refractivity contribution in [3.63, 3.8) is 0 Å². The van der Waals surface area contributed by atoms with Gasteiger partial charge in [-0.15, -0.1) is 0 Å². The summed E-state index contributed by atoms with van der Waals surface area (Å²) in [7, 11) is 0. The zero-order valence-corrected chi connectivity index (χ0v) is 14.3. The van der Waals surface area contributed by atoms with Crippen LogP contribution in [0, 0.1) is 0 Å². The van der Waals surface area contributed by atoms with E-state index in [2.05, 4.69) is 14.9 Å². The van der Waals surface area contributed by atoms with Crippen LogP contribution in [0.2, 0.25) is 0 Å². The molecule has 0 aliphatic carbocycles. The molecule has 0 bridgehead atoms. The highest BCUT2D eigenvalue weighted by Crippen LogP contribution is 2.24. The van der Waals surface area contributed by atoms with E-state index < -0.39 is 12.6 Å². The molecular weight excluding hydrogens is 333 g/mol. The molecule has 5 nitrogen and oxygen atoms in total. The molecule has 1 atom stereocenters. The molecule has 0 aromatic carbocycles. The van der Waals surface area contributed by atoms with Crippen LogP contribution in [0.15, 0.2) is 12.3 Å². The molecule has 1 aromatic rings. The maximum atomic E-state index is 12.4. The Kier molecular flexibility index (Phi) is 5.78. The van der Waals surface area contributed by atoms with Crippen molar-refractivity contribution < 1.29 is 18.3 Å². The molecule has 0 radical (unpaired) electrons. The fourth-order valence-corrected chi connectivity index (χ4v) is 3.69. The molecule has 1 N–H and O–H groups in total. The van der Waals surface area contributed by atoms with Crippen molar-refractivity contribution in [1.29, 1.82) is 0 Å². The molecule has 140 valence electrons. The molecule has 3 rings (SSSR count). The molecule has 2 saturated heterocycles. The van der Waals surface area contributed by atoms with Crippen LogP contribution in [0.25, 0.3) is 0 Å². The van der Waals surface area contributed by atoms with Crippen molar-refractivity contribution in [2.75, 3.05) is 31.1 Å². The Hall–Kier alpha value is -1.41. The number of hydrogen-bond acceptors (Lipinski definition) is 5. The Bertz CT molecular complexity index is 561. The Morgan fingerprint density at radius 2 is 1.92 bits per heavy atom. The van der Waals surface area contributed by atoms with Gasteiger partial charge < -0.3 is 10.0 Å². The van der Waals surface area contributed by atoms with E-state index in [9.17, 15) is 18.3 Å². The minimum absolute atomic E-state index is 0.110. The van der Waals surface area contributed by atoms with Crippen LogP contribution in [0.1, 0.15) is 37.8 Å². The third-order valence-corrected chi connectivity index (χ3v) is 5.06. The molecule has 3 heterocycles. The monoisotopic (exact) mass is 358 g/mol. The number of rotatable bonds is 4. The lowest BCUT2D eigenvalue weighted by molar-refractivity contribution is -0.134. The fourth-order valence-electron chi connectivity index (χ4n) is 3.69. The number of piperidine rings is 2. The topological polar surface area (TPSA) is 52.5 Å². The number of aromatic nitrogens is 2. The molecule has 0 spiro atoms. The number of halogens is 3. The number of aliphatic hydroxyl groups excluding tert-OH is 1. The summed E-state index contributed by atoms with van der Waals surface area (Å²) in [6.45, 7) is 3.36. The second-order valence-corrected chi connectivity index (χ2v) is 6.97. The standard InChI is InChI=1S/C17H25F3N4O/c18-17(19,20)7-3-13-4-8-21-16(22-13)23-10-5-14(6-11-23)24-9-1-2-15(25)12-24/h4,8,14-15,25H,1-3,5-7,9-12H2/t15-/m0/s1. The number of alkyl halides is 3. The van der Waals surface area contributed by atoms with E-state index in [0.717, 1.165) is 51.9 Å². The molecule has 2 fully saturated rings.